The van der Waals surface area contributed by atoms with Crippen molar-refractivity contribution in [3.05, 3.63) is 71.8 Å². The number of benzene rings is 2. The quantitative estimate of drug-likeness (QED) is 0.734. The van der Waals surface area contributed by atoms with E-state index in [0.29, 0.717) is 11.1 Å². The minimum absolute atomic E-state index is 0.178. The summed E-state index contributed by atoms with van der Waals surface area (Å²) in [6.07, 6.45) is -3.81. The topological polar surface area (TPSA) is 77.4 Å². The molecule has 2 N–H and O–H groups in total. The van der Waals surface area contributed by atoms with Crippen LogP contribution in [0.4, 0.5) is 0 Å². The van der Waals surface area contributed by atoms with Gasteiger partial charge in [-0.05, 0) is 0 Å². The van der Waals surface area contributed by atoms with Gasteiger partial charge in [-0.2, -0.15) is 0 Å². The third kappa shape index (κ3) is 3.67. The maximum Gasteiger partial charge on any atom is 0.277 e. The van der Waals surface area contributed by atoms with Crippen molar-refractivity contribution in [3.8, 4) is 0 Å². The fourth-order valence-electron chi connectivity index (χ4n) is 3.38. The maximum absolute atomic E-state index is 10.7. The van der Waals surface area contributed by atoms with Crippen LogP contribution in [0, 0.1) is 0 Å². The van der Waals surface area contributed by atoms with E-state index in [9.17, 15) is 10.2 Å². The highest BCUT2D eigenvalue weighted by Gasteiger charge is 2.56. The molecule has 8 heteroatoms. The molecule has 0 bridgehead atoms. The molecule has 150 valence electrons. The second-order valence-corrected chi connectivity index (χ2v) is 7.68. The van der Waals surface area contributed by atoms with E-state index in [2.05, 4.69) is 0 Å². The van der Waals surface area contributed by atoms with Gasteiger partial charge in [-0.3, -0.25) is 0 Å². The van der Waals surface area contributed by atoms with Crippen LogP contribution in [-0.4, -0.2) is 47.8 Å². The largest absolute Gasteiger partial charge is 0.394 e. The van der Waals surface area contributed by atoms with E-state index in [4.69, 9.17) is 42.1 Å². The molecule has 2 saturated heterocycles. The first kappa shape index (κ1) is 20.1. The summed E-state index contributed by atoms with van der Waals surface area (Å²) in [6, 6.07) is 17.8. The molecule has 6 atom stereocenters. The summed E-state index contributed by atoms with van der Waals surface area (Å²) >= 11 is 13.2. The molecule has 2 aliphatic rings. The van der Waals surface area contributed by atoms with Gasteiger partial charge < -0.3 is 29.2 Å². The minimum Gasteiger partial charge on any atom is -0.394 e. The number of ether oxygens (including phenoxy) is 4. The molecule has 4 rings (SSSR count). The van der Waals surface area contributed by atoms with Gasteiger partial charge >= 0.3 is 0 Å². The van der Waals surface area contributed by atoms with Gasteiger partial charge in [-0.25, -0.2) is 0 Å². The van der Waals surface area contributed by atoms with Crippen LogP contribution in [0.5, 0.6) is 0 Å². The van der Waals surface area contributed by atoms with Gasteiger partial charge in [-0.1, -0.05) is 83.9 Å². The Labute approximate surface area is 172 Å². The van der Waals surface area contributed by atoms with Crippen LogP contribution >= 0.6 is 23.2 Å². The van der Waals surface area contributed by atoms with Gasteiger partial charge in [0.15, 0.2) is 0 Å². The van der Waals surface area contributed by atoms with E-state index < -0.39 is 41.5 Å². The van der Waals surface area contributed by atoms with Crippen molar-refractivity contribution in [1.82, 2.24) is 0 Å². The lowest BCUT2D eigenvalue weighted by molar-refractivity contribution is -0.265. The summed E-state index contributed by atoms with van der Waals surface area (Å²) in [4.78, 5) is 0. The first-order chi connectivity index (χ1) is 13.5. The number of aliphatic hydroxyl groups excluding tert-OH is 2. The molecule has 0 aliphatic carbocycles. The number of alkyl halides is 2. The molecule has 28 heavy (non-hydrogen) atoms. The molecular formula is C20H20Cl2O6. The smallest absolute Gasteiger partial charge is 0.277 e. The van der Waals surface area contributed by atoms with Crippen molar-refractivity contribution in [2.75, 3.05) is 13.2 Å². The predicted molar refractivity (Wildman–Crippen MR) is 102 cm³/mol. The zero-order valence-corrected chi connectivity index (χ0v) is 16.3. The molecule has 2 aromatic carbocycles. The molecule has 2 aromatic rings. The number of fused-ring (bicyclic) bond motifs is 1. The monoisotopic (exact) mass is 426 g/mol. The van der Waals surface area contributed by atoms with E-state index in [1.807, 2.05) is 12.1 Å². The third-order valence-corrected chi connectivity index (χ3v) is 5.62. The van der Waals surface area contributed by atoms with Gasteiger partial charge in [0.25, 0.3) is 10.5 Å². The summed E-state index contributed by atoms with van der Waals surface area (Å²) in [5.74, 6) is 0. The van der Waals surface area contributed by atoms with E-state index in [1.54, 1.807) is 48.5 Å². The highest BCUT2D eigenvalue weighted by molar-refractivity contribution is 6.22. The normalized spacial score (nSPS) is 38.4. The summed E-state index contributed by atoms with van der Waals surface area (Å²) in [5, 5.41) is 17.3. The van der Waals surface area contributed by atoms with E-state index >= 15 is 0 Å². The van der Waals surface area contributed by atoms with Crippen LogP contribution < -0.4 is 0 Å². The van der Waals surface area contributed by atoms with Gasteiger partial charge in [0.05, 0.1) is 13.2 Å². The number of halogens is 2. The average molecular weight is 427 g/mol. The summed E-state index contributed by atoms with van der Waals surface area (Å²) in [7, 11) is 0. The van der Waals surface area contributed by atoms with Crippen molar-refractivity contribution in [2.45, 2.75) is 34.9 Å². The van der Waals surface area contributed by atoms with Crippen LogP contribution in [0.25, 0.3) is 0 Å². The molecule has 2 fully saturated rings. The van der Waals surface area contributed by atoms with Crippen molar-refractivity contribution < 1.29 is 29.2 Å². The standard InChI is InChI=1S/C20H20Cl2O6/c21-19(13-7-3-1-4-8-13)25-12-15(24)17-18(16(11-23)26-19)28-20(22,27-17)14-9-5-2-6-10-14/h1-10,15-18,23-24H,11-12H2/t15-,16+,17-,18-,19?,20?/m0/s1. The van der Waals surface area contributed by atoms with Gasteiger partial charge in [0.2, 0.25) is 0 Å². The molecule has 2 unspecified atom stereocenters. The number of hydrogen-bond acceptors (Lipinski definition) is 6. The van der Waals surface area contributed by atoms with E-state index in [0.717, 1.165) is 0 Å². The molecule has 0 spiro atoms. The SMILES string of the molecule is OC[C@H]1OC(Cl)(c2ccccc2)OC[C@H](O)[C@@H]2OC(Cl)(c3ccccc3)O[C@H]21. The van der Waals surface area contributed by atoms with Gasteiger partial charge in [0.1, 0.15) is 24.4 Å². The fraction of sp³-hybridized carbons (Fsp3) is 0.400. The molecule has 6 nitrogen and oxygen atoms in total. The average Bonchev–Trinajstić information content (AvgIpc) is 3.09. The Morgan fingerprint density at radius 2 is 1.36 bits per heavy atom. The molecular weight excluding hydrogens is 407 g/mol. The summed E-state index contributed by atoms with van der Waals surface area (Å²) in [6.45, 7) is -0.619. The Balaban J connectivity index is 1.66. The van der Waals surface area contributed by atoms with Crippen molar-refractivity contribution in [1.29, 1.82) is 0 Å². The molecule has 0 amide bonds. The first-order valence-corrected chi connectivity index (χ1v) is 9.66. The number of rotatable bonds is 3. The predicted octanol–water partition coefficient (Wildman–Crippen LogP) is 2.64. The minimum atomic E-state index is -1.70. The highest BCUT2D eigenvalue weighted by atomic mass is 35.5. The van der Waals surface area contributed by atoms with Crippen LogP contribution in [0.1, 0.15) is 11.1 Å². The van der Waals surface area contributed by atoms with Gasteiger partial charge in [0, 0.05) is 11.1 Å². The fourth-order valence-corrected chi connectivity index (χ4v) is 4.02. The highest BCUT2D eigenvalue weighted by Crippen LogP contribution is 2.46. The Morgan fingerprint density at radius 1 is 0.821 bits per heavy atom. The van der Waals surface area contributed by atoms with Crippen molar-refractivity contribution in [3.63, 3.8) is 0 Å². The second-order valence-electron chi connectivity index (χ2n) is 6.69. The molecule has 0 saturated carbocycles. The van der Waals surface area contributed by atoms with E-state index in [1.165, 1.54) is 0 Å². The van der Waals surface area contributed by atoms with Crippen LogP contribution in [0.3, 0.4) is 0 Å². The molecule has 2 heterocycles. The summed E-state index contributed by atoms with van der Waals surface area (Å²) in [5.41, 5.74) is 1.09. The van der Waals surface area contributed by atoms with Crippen LogP contribution in [0.15, 0.2) is 60.7 Å². The second kappa shape index (κ2) is 7.89. The Bertz CT molecular complexity index is 794. The Morgan fingerprint density at radius 3 is 1.93 bits per heavy atom. The first-order valence-electron chi connectivity index (χ1n) is 8.90. The lowest BCUT2D eigenvalue weighted by Crippen LogP contribution is -2.52. The number of aliphatic hydroxyl groups is 2. The van der Waals surface area contributed by atoms with E-state index in [-0.39, 0.29) is 6.61 Å². The van der Waals surface area contributed by atoms with Crippen LogP contribution in [0.2, 0.25) is 0 Å². The van der Waals surface area contributed by atoms with Crippen molar-refractivity contribution in [2.24, 2.45) is 0 Å². The molecule has 0 radical (unpaired) electrons. The lowest BCUT2D eigenvalue weighted by Gasteiger charge is -2.38. The van der Waals surface area contributed by atoms with Gasteiger partial charge in [-0.15, -0.1) is 0 Å². The Kier molecular flexibility index (Phi) is 5.66. The summed E-state index contributed by atoms with van der Waals surface area (Å²) < 4.78 is 23.4. The zero-order chi connectivity index (χ0) is 19.8. The third-order valence-electron chi connectivity index (χ3n) is 4.80. The lowest BCUT2D eigenvalue weighted by atomic mass is 10.0. The number of hydrogen-bond donors (Lipinski definition) is 2. The zero-order valence-electron chi connectivity index (χ0n) is 14.8. The Hall–Kier alpha value is -1.22. The molecule has 0 aromatic heterocycles. The molecule has 2 aliphatic heterocycles. The van der Waals surface area contributed by atoms with Crippen LogP contribution in [-0.2, 0) is 29.4 Å². The maximum atomic E-state index is 10.7. The van der Waals surface area contributed by atoms with Crippen molar-refractivity contribution >= 4 is 23.2 Å².